The molecule has 6 nitrogen and oxygen atoms in total. The molecule has 22 heavy (non-hydrogen) atoms. The summed E-state index contributed by atoms with van der Waals surface area (Å²) in [6.07, 6.45) is 1.24. The number of piperidine rings is 1. The number of ether oxygens (including phenoxy) is 2. The van der Waals surface area contributed by atoms with Crippen molar-refractivity contribution < 1.29 is 19.1 Å². The minimum Gasteiger partial charge on any atom is -0.497 e. The van der Waals surface area contributed by atoms with Gasteiger partial charge in [0.1, 0.15) is 5.75 Å². The van der Waals surface area contributed by atoms with Gasteiger partial charge in [-0.1, -0.05) is 12.1 Å². The molecule has 1 saturated heterocycles. The molecule has 0 radical (unpaired) electrons. The van der Waals surface area contributed by atoms with Crippen molar-refractivity contribution in [2.24, 2.45) is 5.92 Å². The molecule has 2 rings (SSSR count). The minimum absolute atomic E-state index is 0.0237. The molecule has 0 spiro atoms. The summed E-state index contributed by atoms with van der Waals surface area (Å²) in [5.41, 5.74) is 1.01. The predicted molar refractivity (Wildman–Crippen MR) is 81.5 cm³/mol. The van der Waals surface area contributed by atoms with Gasteiger partial charge < -0.3 is 19.7 Å². The fourth-order valence-electron chi connectivity index (χ4n) is 2.56. The maximum atomic E-state index is 12.2. The van der Waals surface area contributed by atoms with E-state index in [-0.39, 0.29) is 17.9 Å². The number of carbonyl (C=O) groups is 2. The van der Waals surface area contributed by atoms with E-state index in [1.165, 1.54) is 7.11 Å². The highest BCUT2D eigenvalue weighted by molar-refractivity contribution is 5.80. The standard InChI is InChI=1S/C16H22N2O4/c1-21-14-7-5-12(6-8-14)10-17-15(19)13-4-3-9-18(11-13)16(20)22-2/h5-8,13H,3-4,9-11H2,1-2H3,(H,17,19). The summed E-state index contributed by atoms with van der Waals surface area (Å²) in [5, 5.41) is 2.93. The Morgan fingerprint density at radius 1 is 1.27 bits per heavy atom. The fourth-order valence-corrected chi connectivity index (χ4v) is 2.56. The molecule has 2 amide bonds. The second kappa shape index (κ2) is 7.68. The lowest BCUT2D eigenvalue weighted by Crippen LogP contribution is -2.45. The second-order valence-corrected chi connectivity index (χ2v) is 5.32. The Balaban J connectivity index is 1.84. The van der Waals surface area contributed by atoms with Crippen molar-refractivity contribution in [3.63, 3.8) is 0 Å². The third kappa shape index (κ3) is 4.13. The molecule has 6 heteroatoms. The van der Waals surface area contributed by atoms with Gasteiger partial charge in [0.05, 0.1) is 20.1 Å². The van der Waals surface area contributed by atoms with Gasteiger partial charge in [-0.15, -0.1) is 0 Å². The minimum atomic E-state index is -0.368. The molecule has 1 heterocycles. The van der Waals surface area contributed by atoms with Crippen LogP contribution >= 0.6 is 0 Å². The lowest BCUT2D eigenvalue weighted by Gasteiger charge is -2.30. The molecule has 1 fully saturated rings. The zero-order valence-corrected chi connectivity index (χ0v) is 13.0. The number of benzene rings is 1. The van der Waals surface area contributed by atoms with Gasteiger partial charge in [-0.25, -0.2) is 4.79 Å². The number of methoxy groups -OCH3 is 2. The molecule has 1 atom stereocenters. The number of rotatable bonds is 4. The number of carbonyl (C=O) groups excluding carboxylic acids is 2. The summed E-state index contributed by atoms with van der Waals surface area (Å²) in [7, 11) is 2.97. The van der Waals surface area contributed by atoms with E-state index in [4.69, 9.17) is 9.47 Å². The highest BCUT2D eigenvalue weighted by atomic mass is 16.5. The van der Waals surface area contributed by atoms with E-state index in [2.05, 4.69) is 5.32 Å². The van der Waals surface area contributed by atoms with Crippen LogP contribution in [0.2, 0.25) is 0 Å². The zero-order valence-electron chi connectivity index (χ0n) is 13.0. The summed E-state index contributed by atoms with van der Waals surface area (Å²) < 4.78 is 9.81. The Bertz CT molecular complexity index is 515. The van der Waals surface area contributed by atoms with Crippen LogP contribution in [0.15, 0.2) is 24.3 Å². The molecule has 0 aromatic heterocycles. The summed E-state index contributed by atoms with van der Waals surface area (Å²) in [4.78, 5) is 25.4. The molecule has 1 N–H and O–H groups in total. The maximum Gasteiger partial charge on any atom is 0.409 e. The van der Waals surface area contributed by atoms with Gasteiger partial charge in [0, 0.05) is 19.6 Å². The van der Waals surface area contributed by atoms with Crippen LogP contribution in [0.1, 0.15) is 18.4 Å². The average Bonchev–Trinajstić information content (AvgIpc) is 2.59. The topological polar surface area (TPSA) is 67.9 Å². The summed E-state index contributed by atoms with van der Waals surface area (Å²) in [6, 6.07) is 7.56. The number of likely N-dealkylation sites (tertiary alicyclic amines) is 1. The predicted octanol–water partition coefficient (Wildman–Crippen LogP) is 1.79. The molecule has 1 aromatic rings. The smallest absolute Gasteiger partial charge is 0.409 e. The van der Waals surface area contributed by atoms with Crippen LogP contribution < -0.4 is 10.1 Å². The molecule has 120 valence electrons. The van der Waals surface area contributed by atoms with Crippen LogP contribution in [0.4, 0.5) is 4.79 Å². The highest BCUT2D eigenvalue weighted by Crippen LogP contribution is 2.18. The normalized spacial score (nSPS) is 17.7. The molecule has 0 aliphatic carbocycles. The Kier molecular flexibility index (Phi) is 5.63. The van der Waals surface area contributed by atoms with Crippen molar-refractivity contribution in [3.8, 4) is 5.75 Å². The molecule has 0 saturated carbocycles. The van der Waals surface area contributed by atoms with Gasteiger partial charge >= 0.3 is 6.09 Å². The highest BCUT2D eigenvalue weighted by Gasteiger charge is 2.28. The number of hydrogen-bond acceptors (Lipinski definition) is 4. The van der Waals surface area contributed by atoms with Crippen molar-refractivity contribution in [1.29, 1.82) is 0 Å². The summed E-state index contributed by atoms with van der Waals surface area (Å²) in [5.74, 6) is 0.589. The van der Waals surface area contributed by atoms with Crippen LogP contribution in [0.5, 0.6) is 5.75 Å². The van der Waals surface area contributed by atoms with Crippen molar-refractivity contribution in [2.45, 2.75) is 19.4 Å². The van der Waals surface area contributed by atoms with Crippen molar-refractivity contribution >= 4 is 12.0 Å². The van der Waals surface area contributed by atoms with E-state index in [0.29, 0.717) is 19.6 Å². The molecule has 0 bridgehead atoms. The number of nitrogens with zero attached hydrogens (tertiary/aromatic N) is 1. The first-order chi connectivity index (χ1) is 10.6. The second-order valence-electron chi connectivity index (χ2n) is 5.32. The van der Waals surface area contributed by atoms with Crippen LogP contribution in [-0.2, 0) is 16.1 Å². The molecular weight excluding hydrogens is 284 g/mol. The zero-order chi connectivity index (χ0) is 15.9. The Hall–Kier alpha value is -2.24. The molecular formula is C16H22N2O4. The summed E-state index contributed by atoms with van der Waals surface area (Å²) >= 11 is 0. The van der Waals surface area contributed by atoms with Crippen LogP contribution in [0.25, 0.3) is 0 Å². The largest absolute Gasteiger partial charge is 0.497 e. The number of nitrogens with one attached hydrogen (secondary N) is 1. The third-order valence-corrected chi connectivity index (χ3v) is 3.85. The first-order valence-corrected chi connectivity index (χ1v) is 7.37. The van der Waals surface area contributed by atoms with Crippen molar-refractivity contribution in [3.05, 3.63) is 29.8 Å². The van der Waals surface area contributed by atoms with E-state index in [0.717, 1.165) is 24.2 Å². The number of hydrogen-bond donors (Lipinski definition) is 1. The van der Waals surface area contributed by atoms with Crippen molar-refractivity contribution in [1.82, 2.24) is 10.2 Å². The SMILES string of the molecule is COC(=O)N1CCCC(C(=O)NCc2ccc(OC)cc2)C1. The Labute approximate surface area is 130 Å². The Morgan fingerprint density at radius 3 is 2.64 bits per heavy atom. The summed E-state index contributed by atoms with van der Waals surface area (Å²) in [6.45, 7) is 1.54. The van der Waals surface area contributed by atoms with E-state index >= 15 is 0 Å². The van der Waals surface area contributed by atoms with Crippen LogP contribution in [0.3, 0.4) is 0 Å². The van der Waals surface area contributed by atoms with Gasteiger partial charge in [0.2, 0.25) is 5.91 Å². The maximum absolute atomic E-state index is 12.2. The first-order valence-electron chi connectivity index (χ1n) is 7.37. The first kappa shape index (κ1) is 16.1. The lowest BCUT2D eigenvalue weighted by atomic mass is 9.97. The average molecular weight is 306 g/mol. The lowest BCUT2D eigenvalue weighted by molar-refractivity contribution is -0.126. The van der Waals surface area contributed by atoms with E-state index < -0.39 is 0 Å². The third-order valence-electron chi connectivity index (χ3n) is 3.85. The van der Waals surface area contributed by atoms with E-state index in [1.54, 1.807) is 12.0 Å². The van der Waals surface area contributed by atoms with Gasteiger partial charge in [-0.3, -0.25) is 4.79 Å². The van der Waals surface area contributed by atoms with E-state index in [9.17, 15) is 9.59 Å². The van der Waals surface area contributed by atoms with Crippen LogP contribution in [0, 0.1) is 5.92 Å². The molecule has 1 aliphatic rings. The number of amides is 2. The quantitative estimate of drug-likeness (QED) is 0.921. The van der Waals surface area contributed by atoms with Crippen LogP contribution in [-0.4, -0.2) is 44.2 Å². The monoisotopic (exact) mass is 306 g/mol. The van der Waals surface area contributed by atoms with Gasteiger partial charge in [0.25, 0.3) is 0 Å². The molecule has 1 unspecified atom stereocenters. The van der Waals surface area contributed by atoms with Gasteiger partial charge in [-0.2, -0.15) is 0 Å². The van der Waals surface area contributed by atoms with E-state index in [1.807, 2.05) is 24.3 Å². The van der Waals surface area contributed by atoms with Gasteiger partial charge in [-0.05, 0) is 30.5 Å². The molecule has 1 aliphatic heterocycles. The Morgan fingerprint density at radius 2 is 2.00 bits per heavy atom. The van der Waals surface area contributed by atoms with Gasteiger partial charge in [0.15, 0.2) is 0 Å². The molecule has 1 aromatic carbocycles. The fraction of sp³-hybridized carbons (Fsp3) is 0.500. The van der Waals surface area contributed by atoms with Crippen molar-refractivity contribution in [2.75, 3.05) is 27.3 Å².